The fraction of sp³-hybridized carbons (Fsp3) is 0.360. The van der Waals surface area contributed by atoms with Crippen LogP contribution in [-0.4, -0.2) is 40.9 Å². The van der Waals surface area contributed by atoms with Gasteiger partial charge in [0.2, 0.25) is 0 Å². The summed E-state index contributed by atoms with van der Waals surface area (Å²) in [5.41, 5.74) is 1.11. The molecule has 0 unspecified atom stereocenters. The monoisotopic (exact) mass is 735 g/mol. The number of ether oxygens (including phenoxy) is 2. The number of methoxy groups -OCH3 is 1. The molecule has 1 heterocycles. The molecule has 1 aromatic heterocycles. The molecule has 0 saturated carbocycles. The van der Waals surface area contributed by atoms with Crippen LogP contribution in [0.25, 0.3) is 10.9 Å². The summed E-state index contributed by atoms with van der Waals surface area (Å²) in [5, 5.41) is 15.4. The minimum absolute atomic E-state index is 0.128. The second kappa shape index (κ2) is 11.8. The summed E-state index contributed by atoms with van der Waals surface area (Å²) in [4.78, 5) is 41.1. The first-order valence-electron chi connectivity index (χ1n) is 11.2. The summed E-state index contributed by atoms with van der Waals surface area (Å²) in [6, 6.07) is 5.77. The Morgan fingerprint density at radius 1 is 1.19 bits per heavy atom. The molecular weight excluding hydrogens is 708 g/mol. The van der Waals surface area contributed by atoms with E-state index in [-0.39, 0.29) is 24.4 Å². The highest BCUT2D eigenvalue weighted by molar-refractivity contribution is 14.1. The van der Waals surface area contributed by atoms with E-state index in [1.807, 2.05) is 12.1 Å². The fourth-order valence-electron chi connectivity index (χ4n) is 3.61. The van der Waals surface area contributed by atoms with Gasteiger partial charge >= 0.3 is 17.7 Å². The van der Waals surface area contributed by atoms with Crippen molar-refractivity contribution in [1.29, 1.82) is 0 Å². The van der Waals surface area contributed by atoms with Crippen LogP contribution in [0.5, 0.6) is 5.75 Å². The van der Waals surface area contributed by atoms with E-state index in [1.165, 1.54) is 0 Å². The Balaban J connectivity index is 1.83. The number of carboxylic acid groups (broad SMARTS) is 1. The molecule has 2 aromatic carbocycles. The Bertz CT molecular complexity index is 1380. The Morgan fingerprint density at radius 3 is 2.41 bits per heavy atom. The molecule has 1 amide bonds. The summed E-state index contributed by atoms with van der Waals surface area (Å²) in [7, 11) is 1.58. The SMILES string of the molecule is COc1c(I)cc(C[C@H](Nc2nc3ccc(CNC(=O)OC(C)(C)C)c(C)c3c(=O)o2)C(=O)O)cc1I. The highest BCUT2D eigenvalue weighted by Crippen LogP contribution is 2.29. The van der Waals surface area contributed by atoms with Gasteiger partial charge in [-0.1, -0.05) is 6.07 Å². The van der Waals surface area contributed by atoms with Crippen molar-refractivity contribution in [2.75, 3.05) is 12.4 Å². The number of aliphatic carboxylic acids is 1. The van der Waals surface area contributed by atoms with Crippen molar-refractivity contribution < 1.29 is 28.6 Å². The molecule has 37 heavy (non-hydrogen) atoms. The maximum absolute atomic E-state index is 12.8. The van der Waals surface area contributed by atoms with E-state index in [9.17, 15) is 19.5 Å². The molecule has 198 valence electrons. The zero-order chi connectivity index (χ0) is 27.5. The van der Waals surface area contributed by atoms with Crippen LogP contribution >= 0.6 is 45.2 Å². The molecule has 0 aliphatic carbocycles. The third kappa shape index (κ3) is 7.46. The van der Waals surface area contributed by atoms with E-state index in [2.05, 4.69) is 60.8 Å². The van der Waals surface area contributed by atoms with Crippen molar-refractivity contribution in [3.8, 4) is 5.75 Å². The molecule has 0 fully saturated rings. The van der Waals surface area contributed by atoms with Crippen LogP contribution in [0.2, 0.25) is 0 Å². The second-order valence-corrected chi connectivity index (χ2v) is 11.6. The van der Waals surface area contributed by atoms with Gasteiger partial charge in [-0.25, -0.2) is 14.4 Å². The summed E-state index contributed by atoms with van der Waals surface area (Å²) in [5.74, 6) is -0.395. The minimum Gasteiger partial charge on any atom is -0.495 e. The van der Waals surface area contributed by atoms with Crippen LogP contribution in [0, 0.1) is 14.1 Å². The van der Waals surface area contributed by atoms with Gasteiger partial charge in [-0.15, -0.1) is 0 Å². The van der Waals surface area contributed by atoms with E-state index in [4.69, 9.17) is 13.9 Å². The van der Waals surface area contributed by atoms with E-state index >= 15 is 0 Å². The molecule has 0 aliphatic rings. The average Bonchev–Trinajstić information content (AvgIpc) is 2.76. The van der Waals surface area contributed by atoms with Gasteiger partial charge in [-0.05, 0) is 108 Å². The average molecular weight is 735 g/mol. The van der Waals surface area contributed by atoms with Gasteiger partial charge in [0.1, 0.15) is 17.4 Å². The third-order valence-corrected chi connectivity index (χ3v) is 6.89. The molecule has 0 aliphatic heterocycles. The number of carboxylic acids is 1. The highest BCUT2D eigenvalue weighted by atomic mass is 127. The van der Waals surface area contributed by atoms with Gasteiger partial charge in [0.05, 0.1) is 25.2 Å². The van der Waals surface area contributed by atoms with Crippen LogP contribution in [-0.2, 0) is 22.5 Å². The number of hydrogen-bond donors (Lipinski definition) is 3. The molecule has 3 rings (SSSR count). The first-order chi connectivity index (χ1) is 17.3. The number of carbonyl (C=O) groups excluding carboxylic acids is 1. The van der Waals surface area contributed by atoms with Crippen molar-refractivity contribution in [2.24, 2.45) is 0 Å². The lowest BCUT2D eigenvalue weighted by atomic mass is 10.0. The number of amides is 1. The number of aryl methyl sites for hydroxylation is 1. The minimum atomic E-state index is -1.12. The van der Waals surface area contributed by atoms with Crippen LogP contribution in [0.15, 0.2) is 33.5 Å². The molecule has 3 N–H and O–H groups in total. The van der Waals surface area contributed by atoms with Crippen molar-refractivity contribution in [1.82, 2.24) is 10.3 Å². The lowest BCUT2D eigenvalue weighted by molar-refractivity contribution is -0.137. The lowest BCUT2D eigenvalue weighted by Gasteiger charge is -2.20. The molecule has 12 heteroatoms. The van der Waals surface area contributed by atoms with Gasteiger partial charge in [-0.3, -0.25) is 0 Å². The van der Waals surface area contributed by atoms with Crippen molar-refractivity contribution in [3.63, 3.8) is 0 Å². The van der Waals surface area contributed by atoms with Crippen molar-refractivity contribution in [2.45, 2.75) is 52.3 Å². The number of hydrogen-bond acceptors (Lipinski definition) is 8. The number of nitrogens with one attached hydrogen (secondary N) is 2. The summed E-state index contributed by atoms with van der Waals surface area (Å²) in [6.07, 6.45) is -0.444. The maximum Gasteiger partial charge on any atom is 0.407 e. The first-order valence-corrected chi connectivity index (χ1v) is 13.4. The molecule has 0 spiro atoms. The van der Waals surface area contributed by atoms with Crippen LogP contribution in [0.4, 0.5) is 10.8 Å². The van der Waals surface area contributed by atoms with Gasteiger partial charge < -0.3 is 29.6 Å². The second-order valence-electron chi connectivity index (χ2n) is 9.24. The van der Waals surface area contributed by atoms with E-state index in [1.54, 1.807) is 46.9 Å². The van der Waals surface area contributed by atoms with Crippen LogP contribution < -0.4 is 21.0 Å². The van der Waals surface area contributed by atoms with Crippen LogP contribution in [0.1, 0.15) is 37.5 Å². The Hall–Kier alpha value is -2.62. The zero-order valence-corrected chi connectivity index (χ0v) is 25.2. The predicted molar refractivity (Wildman–Crippen MR) is 155 cm³/mol. The molecular formula is C25H27I2N3O7. The molecule has 0 bridgehead atoms. The molecule has 1 atom stereocenters. The summed E-state index contributed by atoms with van der Waals surface area (Å²) < 4.78 is 17.7. The molecule has 3 aromatic rings. The first kappa shape index (κ1) is 28.9. The molecule has 0 saturated heterocycles. The fourth-order valence-corrected chi connectivity index (χ4v) is 5.94. The largest absolute Gasteiger partial charge is 0.495 e. The van der Waals surface area contributed by atoms with E-state index in [0.717, 1.165) is 18.5 Å². The highest BCUT2D eigenvalue weighted by Gasteiger charge is 2.22. The topological polar surface area (TPSA) is 140 Å². The van der Waals surface area contributed by atoms with Gasteiger partial charge in [0, 0.05) is 13.0 Å². The zero-order valence-electron chi connectivity index (χ0n) is 20.9. The standard InChI is InChI=1S/C25H27I2N3O7/c1-12-14(11-28-24(34)37-25(2,3)4)6-7-17-19(12)22(33)36-23(29-17)30-18(21(31)32)10-13-8-15(26)20(35-5)16(27)9-13/h6-9,18H,10-11H2,1-5H3,(H,28,34)(H,29,30)(H,31,32)/t18-/m0/s1. The summed E-state index contributed by atoms with van der Waals surface area (Å²) >= 11 is 4.27. The molecule has 10 nitrogen and oxygen atoms in total. The third-order valence-electron chi connectivity index (χ3n) is 5.29. The Morgan fingerprint density at radius 2 is 1.84 bits per heavy atom. The van der Waals surface area contributed by atoms with Crippen LogP contribution in [0.3, 0.4) is 0 Å². The Kier molecular flexibility index (Phi) is 9.26. The molecule has 0 radical (unpaired) electrons. The summed E-state index contributed by atoms with van der Waals surface area (Å²) in [6.45, 7) is 7.18. The number of alkyl carbamates (subject to hydrolysis) is 1. The normalized spacial score (nSPS) is 12.2. The van der Waals surface area contributed by atoms with Gasteiger partial charge in [0.15, 0.2) is 0 Å². The number of carbonyl (C=O) groups is 2. The van der Waals surface area contributed by atoms with Gasteiger partial charge in [-0.2, -0.15) is 4.98 Å². The number of halogens is 2. The quantitative estimate of drug-likeness (QED) is 0.277. The van der Waals surface area contributed by atoms with E-state index in [0.29, 0.717) is 16.6 Å². The number of rotatable bonds is 8. The number of benzene rings is 2. The smallest absolute Gasteiger partial charge is 0.407 e. The maximum atomic E-state index is 12.8. The number of anilines is 1. The lowest BCUT2D eigenvalue weighted by Crippen LogP contribution is -2.32. The van der Waals surface area contributed by atoms with E-state index < -0.39 is 29.3 Å². The number of fused-ring (bicyclic) bond motifs is 1. The number of aromatic nitrogens is 1. The van der Waals surface area contributed by atoms with Crippen molar-refractivity contribution in [3.05, 3.63) is 58.5 Å². The van der Waals surface area contributed by atoms with Gasteiger partial charge in [0.25, 0.3) is 6.01 Å². The Labute approximate surface area is 240 Å². The predicted octanol–water partition coefficient (Wildman–Crippen LogP) is 4.85. The van der Waals surface area contributed by atoms with Crippen molar-refractivity contribution >= 4 is 74.2 Å². The number of nitrogens with zero attached hydrogens (tertiary/aromatic N) is 1.